The predicted octanol–water partition coefficient (Wildman–Crippen LogP) is 3.12. The highest BCUT2D eigenvalue weighted by Crippen LogP contribution is 2.24. The largest absolute Gasteiger partial charge is 0.496 e. The average molecular weight is 338 g/mol. The normalized spacial score (nSPS) is 10.4. The van der Waals surface area contributed by atoms with Crippen molar-refractivity contribution in [2.45, 2.75) is 6.54 Å². The Hall–Kier alpha value is -2.11. The van der Waals surface area contributed by atoms with Crippen molar-refractivity contribution in [3.63, 3.8) is 0 Å². The molecule has 0 spiro atoms. The molecule has 0 saturated heterocycles. The highest BCUT2D eigenvalue weighted by atomic mass is 35.5. The zero-order valence-corrected chi connectivity index (χ0v) is 13.4. The molecule has 0 atom stereocenters. The van der Waals surface area contributed by atoms with Crippen molar-refractivity contribution in [2.24, 2.45) is 0 Å². The number of ether oxygens (including phenoxy) is 1. The molecule has 0 aliphatic heterocycles. The maximum absolute atomic E-state index is 13.6. The highest BCUT2D eigenvalue weighted by molar-refractivity contribution is 6.34. The molecule has 4 nitrogen and oxygen atoms in total. The number of methoxy groups -OCH3 is 1. The number of carbonyl (C=O) groups excluding carboxylic acids is 1. The smallest absolute Gasteiger partial charge is 0.255 e. The summed E-state index contributed by atoms with van der Waals surface area (Å²) in [6, 6.07) is 11.3. The van der Waals surface area contributed by atoms with E-state index in [-0.39, 0.29) is 30.3 Å². The molecule has 23 heavy (non-hydrogen) atoms. The molecule has 2 aromatic carbocycles. The van der Waals surface area contributed by atoms with Crippen molar-refractivity contribution in [1.82, 2.24) is 4.90 Å². The molecule has 1 N–H and O–H groups in total. The van der Waals surface area contributed by atoms with Crippen molar-refractivity contribution in [3.05, 3.63) is 64.4 Å². The van der Waals surface area contributed by atoms with Gasteiger partial charge in [-0.05, 0) is 18.2 Å². The van der Waals surface area contributed by atoms with Crippen LogP contribution in [0.25, 0.3) is 0 Å². The summed E-state index contributed by atoms with van der Waals surface area (Å²) < 4.78 is 18.8. The Morgan fingerprint density at radius 1 is 1.26 bits per heavy atom. The van der Waals surface area contributed by atoms with E-state index in [0.29, 0.717) is 5.75 Å². The van der Waals surface area contributed by atoms with E-state index in [1.165, 1.54) is 23.1 Å². The van der Waals surface area contributed by atoms with Gasteiger partial charge in [0.2, 0.25) is 0 Å². The van der Waals surface area contributed by atoms with Crippen LogP contribution >= 0.6 is 11.6 Å². The van der Waals surface area contributed by atoms with Crippen molar-refractivity contribution >= 4 is 17.5 Å². The number of para-hydroxylation sites is 1. The van der Waals surface area contributed by atoms with Gasteiger partial charge in [-0.25, -0.2) is 4.39 Å². The van der Waals surface area contributed by atoms with Crippen LogP contribution in [-0.2, 0) is 6.54 Å². The number of nitrogens with zero attached hydrogens (tertiary/aromatic N) is 1. The van der Waals surface area contributed by atoms with Crippen molar-refractivity contribution in [3.8, 4) is 5.75 Å². The molecule has 2 rings (SSSR count). The Morgan fingerprint density at radius 2 is 2.00 bits per heavy atom. The molecular formula is C17H17ClFNO3. The molecule has 0 saturated carbocycles. The molecule has 0 radical (unpaired) electrons. The molecule has 0 aliphatic rings. The number of carbonyl (C=O) groups is 1. The lowest BCUT2D eigenvalue weighted by atomic mass is 10.1. The number of aliphatic hydroxyl groups excluding tert-OH is 1. The number of rotatable bonds is 6. The molecule has 6 heteroatoms. The van der Waals surface area contributed by atoms with Crippen molar-refractivity contribution in [1.29, 1.82) is 0 Å². The zero-order chi connectivity index (χ0) is 16.8. The van der Waals surface area contributed by atoms with Gasteiger partial charge in [-0.1, -0.05) is 35.9 Å². The molecule has 0 heterocycles. The minimum absolute atomic E-state index is 0.0648. The number of benzene rings is 2. The predicted molar refractivity (Wildman–Crippen MR) is 86.2 cm³/mol. The summed E-state index contributed by atoms with van der Waals surface area (Å²) in [4.78, 5) is 14.0. The SMILES string of the molecule is COc1ccccc1CN(CCO)C(=O)c1cccc(F)c1Cl. The van der Waals surface area contributed by atoms with Crippen LogP contribution in [0.4, 0.5) is 4.39 Å². The molecule has 2 aromatic rings. The maximum atomic E-state index is 13.6. The van der Waals surface area contributed by atoms with Crippen LogP contribution in [0.2, 0.25) is 5.02 Å². The van der Waals surface area contributed by atoms with E-state index in [1.807, 2.05) is 18.2 Å². The van der Waals surface area contributed by atoms with Gasteiger partial charge in [-0.3, -0.25) is 4.79 Å². The third kappa shape index (κ3) is 4.00. The summed E-state index contributed by atoms with van der Waals surface area (Å²) >= 11 is 5.88. The number of aliphatic hydroxyl groups is 1. The Morgan fingerprint density at radius 3 is 2.70 bits per heavy atom. The van der Waals surface area contributed by atoms with Crippen molar-refractivity contribution < 1.29 is 19.0 Å². The second-order valence-corrected chi connectivity index (χ2v) is 5.24. The number of halogens is 2. The van der Waals surface area contributed by atoms with Crippen LogP contribution in [-0.4, -0.2) is 36.2 Å². The summed E-state index contributed by atoms with van der Waals surface area (Å²) in [6.45, 7) is 0.105. The van der Waals surface area contributed by atoms with Crippen LogP contribution in [0.1, 0.15) is 15.9 Å². The topological polar surface area (TPSA) is 49.8 Å². The molecule has 0 fully saturated rings. The Balaban J connectivity index is 2.30. The van der Waals surface area contributed by atoms with Gasteiger partial charge in [0.25, 0.3) is 5.91 Å². The molecule has 0 aliphatic carbocycles. The minimum Gasteiger partial charge on any atom is -0.496 e. The van der Waals surface area contributed by atoms with E-state index < -0.39 is 11.7 Å². The molecule has 0 unspecified atom stereocenters. The second kappa shape index (κ2) is 7.94. The van der Waals surface area contributed by atoms with Crippen LogP contribution < -0.4 is 4.74 Å². The lowest BCUT2D eigenvalue weighted by molar-refractivity contribution is 0.0706. The van der Waals surface area contributed by atoms with Gasteiger partial charge in [0.15, 0.2) is 0 Å². The van der Waals surface area contributed by atoms with Gasteiger partial charge < -0.3 is 14.7 Å². The average Bonchev–Trinajstić information content (AvgIpc) is 2.57. The van der Waals surface area contributed by atoms with E-state index in [0.717, 1.165) is 5.56 Å². The quantitative estimate of drug-likeness (QED) is 0.881. The summed E-state index contributed by atoms with van der Waals surface area (Å²) in [6.07, 6.45) is 0. The van der Waals surface area contributed by atoms with E-state index in [2.05, 4.69) is 0 Å². The number of hydrogen-bond acceptors (Lipinski definition) is 3. The monoisotopic (exact) mass is 337 g/mol. The lowest BCUT2D eigenvalue weighted by Gasteiger charge is -2.23. The van der Waals surface area contributed by atoms with E-state index in [1.54, 1.807) is 13.2 Å². The minimum atomic E-state index is -0.654. The maximum Gasteiger partial charge on any atom is 0.255 e. The van der Waals surface area contributed by atoms with Gasteiger partial charge in [0, 0.05) is 18.7 Å². The Kier molecular flexibility index (Phi) is 5.96. The molecular weight excluding hydrogens is 321 g/mol. The fourth-order valence-electron chi connectivity index (χ4n) is 2.25. The summed E-state index contributed by atoms with van der Waals surface area (Å²) in [5.74, 6) is -0.471. The van der Waals surface area contributed by atoms with Crippen LogP contribution in [0, 0.1) is 5.82 Å². The van der Waals surface area contributed by atoms with Gasteiger partial charge in [0.05, 0.1) is 24.3 Å². The van der Waals surface area contributed by atoms with Gasteiger partial charge in [-0.15, -0.1) is 0 Å². The summed E-state index contributed by atoms with van der Waals surface area (Å²) in [5, 5.41) is 9.01. The Bertz CT molecular complexity index is 693. The van der Waals surface area contributed by atoms with E-state index in [9.17, 15) is 14.3 Å². The van der Waals surface area contributed by atoms with Gasteiger partial charge in [0.1, 0.15) is 11.6 Å². The molecule has 1 amide bonds. The highest BCUT2D eigenvalue weighted by Gasteiger charge is 2.21. The van der Waals surface area contributed by atoms with E-state index in [4.69, 9.17) is 16.3 Å². The van der Waals surface area contributed by atoms with Gasteiger partial charge >= 0.3 is 0 Å². The molecule has 0 bridgehead atoms. The zero-order valence-electron chi connectivity index (χ0n) is 12.6. The molecule has 122 valence electrons. The van der Waals surface area contributed by atoms with Gasteiger partial charge in [-0.2, -0.15) is 0 Å². The first-order valence-electron chi connectivity index (χ1n) is 7.04. The van der Waals surface area contributed by atoms with E-state index >= 15 is 0 Å². The fraction of sp³-hybridized carbons (Fsp3) is 0.235. The third-order valence-corrected chi connectivity index (χ3v) is 3.78. The lowest BCUT2D eigenvalue weighted by Crippen LogP contribution is -2.33. The summed E-state index contributed by atoms with van der Waals surface area (Å²) in [5.41, 5.74) is 0.847. The third-order valence-electron chi connectivity index (χ3n) is 3.39. The van der Waals surface area contributed by atoms with Crippen LogP contribution in [0.15, 0.2) is 42.5 Å². The molecule has 0 aromatic heterocycles. The summed E-state index contributed by atoms with van der Waals surface area (Å²) in [7, 11) is 1.54. The first-order chi connectivity index (χ1) is 11.1. The first-order valence-corrected chi connectivity index (χ1v) is 7.42. The number of hydrogen-bond donors (Lipinski definition) is 1. The Labute approximate surface area is 139 Å². The van der Waals surface area contributed by atoms with Crippen LogP contribution in [0.5, 0.6) is 5.75 Å². The second-order valence-electron chi connectivity index (χ2n) is 4.86. The number of amides is 1. The first kappa shape index (κ1) is 17.2. The fourth-order valence-corrected chi connectivity index (χ4v) is 2.46. The van der Waals surface area contributed by atoms with Crippen molar-refractivity contribution in [2.75, 3.05) is 20.3 Å². The standard InChI is InChI=1S/C17H17ClFNO3/c1-23-15-8-3-2-5-12(15)11-20(9-10-21)17(22)13-6-4-7-14(19)16(13)18/h2-8,21H,9-11H2,1H3. The van der Waals surface area contributed by atoms with Crippen LogP contribution in [0.3, 0.4) is 0 Å².